The number of ether oxygens (including phenoxy) is 2. The fourth-order valence-corrected chi connectivity index (χ4v) is 1.53. The van der Waals surface area contributed by atoms with Crippen LogP contribution in [-0.4, -0.2) is 19.2 Å². The Hall–Kier alpha value is -1.25. The highest BCUT2D eigenvalue weighted by Crippen LogP contribution is 2.25. The molecule has 3 heteroatoms. The highest BCUT2D eigenvalue weighted by Gasteiger charge is 2.20. The molecule has 0 aromatic heterocycles. The highest BCUT2D eigenvalue weighted by molar-refractivity contribution is 5.89. The quantitative estimate of drug-likeness (QED) is 0.669. The average molecular weight is 210 g/mol. The number of hydrogen-bond donors (Lipinski definition) is 0. The molecule has 1 aliphatic carbocycles. The van der Waals surface area contributed by atoms with Gasteiger partial charge in [0.15, 0.2) is 0 Å². The van der Waals surface area contributed by atoms with Crippen LogP contribution in [0.5, 0.6) is 0 Å². The normalized spacial score (nSPS) is 16.1. The van der Waals surface area contributed by atoms with Crippen molar-refractivity contribution in [3.8, 4) is 0 Å². The van der Waals surface area contributed by atoms with Gasteiger partial charge in [-0.3, -0.25) is 0 Å². The van der Waals surface area contributed by atoms with Crippen molar-refractivity contribution in [2.24, 2.45) is 0 Å². The number of rotatable bonds is 4. The van der Waals surface area contributed by atoms with Crippen LogP contribution < -0.4 is 0 Å². The molecule has 0 heterocycles. The molecule has 0 aromatic rings. The summed E-state index contributed by atoms with van der Waals surface area (Å²) >= 11 is 0. The molecular formula is C12H18O3. The first-order valence-electron chi connectivity index (χ1n) is 5.39. The Labute approximate surface area is 90.8 Å². The molecule has 0 atom stereocenters. The number of esters is 1. The van der Waals surface area contributed by atoms with E-state index < -0.39 is 0 Å². The molecule has 0 N–H and O–H groups in total. The van der Waals surface area contributed by atoms with Gasteiger partial charge in [-0.15, -0.1) is 0 Å². The lowest BCUT2D eigenvalue weighted by Gasteiger charge is -2.17. The SMILES string of the molecule is CCOC(=O)C1=C(OCC)C=C(C)CC1. The first-order chi connectivity index (χ1) is 7.19. The molecule has 0 aromatic carbocycles. The monoisotopic (exact) mass is 210 g/mol. The second-order valence-corrected chi connectivity index (χ2v) is 3.49. The second-order valence-electron chi connectivity index (χ2n) is 3.49. The van der Waals surface area contributed by atoms with E-state index in [9.17, 15) is 4.79 Å². The molecule has 0 fully saturated rings. The Bertz CT molecular complexity index is 300. The number of carbonyl (C=O) groups excluding carboxylic acids is 1. The van der Waals surface area contributed by atoms with E-state index in [-0.39, 0.29) is 5.97 Å². The molecule has 0 unspecified atom stereocenters. The Balaban J connectivity index is 2.87. The Morgan fingerprint density at radius 2 is 2.07 bits per heavy atom. The van der Waals surface area contributed by atoms with E-state index in [1.165, 1.54) is 5.57 Å². The van der Waals surface area contributed by atoms with Gasteiger partial charge in [0.1, 0.15) is 5.76 Å². The molecule has 0 amide bonds. The molecule has 84 valence electrons. The van der Waals surface area contributed by atoms with Gasteiger partial charge in [-0.2, -0.15) is 0 Å². The van der Waals surface area contributed by atoms with Crippen molar-refractivity contribution in [1.29, 1.82) is 0 Å². The summed E-state index contributed by atoms with van der Waals surface area (Å²) in [7, 11) is 0. The summed E-state index contributed by atoms with van der Waals surface area (Å²) in [5, 5.41) is 0. The molecule has 0 saturated heterocycles. The van der Waals surface area contributed by atoms with Crippen LogP contribution in [0.2, 0.25) is 0 Å². The van der Waals surface area contributed by atoms with Gasteiger partial charge in [0.25, 0.3) is 0 Å². The van der Waals surface area contributed by atoms with Crippen molar-refractivity contribution >= 4 is 5.97 Å². The molecule has 0 radical (unpaired) electrons. The first kappa shape index (κ1) is 11.8. The first-order valence-corrected chi connectivity index (χ1v) is 5.39. The fourth-order valence-electron chi connectivity index (χ4n) is 1.53. The zero-order valence-corrected chi connectivity index (χ0v) is 9.63. The maximum atomic E-state index is 11.6. The van der Waals surface area contributed by atoms with Gasteiger partial charge in [0.05, 0.1) is 18.8 Å². The largest absolute Gasteiger partial charge is 0.493 e. The molecule has 3 nitrogen and oxygen atoms in total. The van der Waals surface area contributed by atoms with E-state index in [1.54, 1.807) is 0 Å². The van der Waals surface area contributed by atoms with Crippen LogP contribution in [0, 0.1) is 0 Å². The van der Waals surface area contributed by atoms with Gasteiger partial charge in [-0.05, 0) is 39.7 Å². The van der Waals surface area contributed by atoms with E-state index >= 15 is 0 Å². The standard InChI is InChI=1S/C12H18O3/c1-4-14-11-8-9(3)6-7-10(11)12(13)15-5-2/h8H,4-7H2,1-3H3. The number of allylic oxidation sites excluding steroid dienone is 2. The van der Waals surface area contributed by atoms with Crippen molar-refractivity contribution in [3.63, 3.8) is 0 Å². The summed E-state index contributed by atoms with van der Waals surface area (Å²) < 4.78 is 10.4. The van der Waals surface area contributed by atoms with E-state index in [0.717, 1.165) is 12.8 Å². The van der Waals surface area contributed by atoms with Gasteiger partial charge in [0, 0.05) is 0 Å². The smallest absolute Gasteiger partial charge is 0.337 e. The number of carbonyl (C=O) groups is 1. The summed E-state index contributed by atoms with van der Waals surface area (Å²) in [5.74, 6) is 0.435. The van der Waals surface area contributed by atoms with Gasteiger partial charge >= 0.3 is 5.97 Å². The zero-order chi connectivity index (χ0) is 11.3. The Morgan fingerprint density at radius 3 is 2.67 bits per heavy atom. The van der Waals surface area contributed by atoms with E-state index in [0.29, 0.717) is 24.5 Å². The Kier molecular flexibility index (Phi) is 4.40. The van der Waals surface area contributed by atoms with Gasteiger partial charge in [-0.1, -0.05) is 5.57 Å². The predicted molar refractivity (Wildman–Crippen MR) is 58.3 cm³/mol. The van der Waals surface area contributed by atoms with Crippen LogP contribution >= 0.6 is 0 Å². The topological polar surface area (TPSA) is 35.5 Å². The van der Waals surface area contributed by atoms with Crippen LogP contribution in [0.4, 0.5) is 0 Å². The predicted octanol–water partition coefficient (Wildman–Crippen LogP) is 2.58. The van der Waals surface area contributed by atoms with Crippen molar-refractivity contribution in [3.05, 3.63) is 23.0 Å². The van der Waals surface area contributed by atoms with E-state index in [1.807, 2.05) is 26.8 Å². The van der Waals surface area contributed by atoms with Crippen molar-refractivity contribution in [2.75, 3.05) is 13.2 Å². The van der Waals surface area contributed by atoms with Crippen LogP contribution in [0.15, 0.2) is 23.0 Å². The lowest BCUT2D eigenvalue weighted by Crippen LogP contribution is -2.13. The molecule has 1 rings (SSSR count). The minimum absolute atomic E-state index is 0.246. The third-order valence-electron chi connectivity index (χ3n) is 2.27. The van der Waals surface area contributed by atoms with Crippen LogP contribution in [-0.2, 0) is 14.3 Å². The third-order valence-corrected chi connectivity index (χ3v) is 2.27. The molecule has 1 aliphatic rings. The molecule has 0 bridgehead atoms. The molecule has 15 heavy (non-hydrogen) atoms. The van der Waals surface area contributed by atoms with Crippen LogP contribution in [0.3, 0.4) is 0 Å². The summed E-state index contributed by atoms with van der Waals surface area (Å²) in [4.78, 5) is 11.6. The highest BCUT2D eigenvalue weighted by atomic mass is 16.5. The minimum atomic E-state index is -0.246. The maximum Gasteiger partial charge on any atom is 0.337 e. The number of hydrogen-bond acceptors (Lipinski definition) is 3. The maximum absolute atomic E-state index is 11.6. The van der Waals surface area contributed by atoms with Crippen LogP contribution in [0.1, 0.15) is 33.6 Å². The summed E-state index contributed by atoms with van der Waals surface area (Å²) in [6.45, 7) is 6.74. The minimum Gasteiger partial charge on any atom is -0.493 e. The van der Waals surface area contributed by atoms with E-state index in [4.69, 9.17) is 9.47 Å². The molecule has 0 aliphatic heterocycles. The molecule has 0 saturated carbocycles. The fraction of sp³-hybridized carbons (Fsp3) is 0.583. The van der Waals surface area contributed by atoms with Gasteiger partial charge in [-0.25, -0.2) is 4.79 Å². The van der Waals surface area contributed by atoms with Gasteiger partial charge in [0.2, 0.25) is 0 Å². The van der Waals surface area contributed by atoms with Crippen molar-refractivity contribution in [1.82, 2.24) is 0 Å². The lowest BCUT2D eigenvalue weighted by atomic mass is 9.98. The third kappa shape index (κ3) is 3.11. The van der Waals surface area contributed by atoms with Crippen molar-refractivity contribution < 1.29 is 14.3 Å². The van der Waals surface area contributed by atoms with E-state index in [2.05, 4.69) is 0 Å². The summed E-state index contributed by atoms with van der Waals surface area (Å²) in [6.07, 6.45) is 3.56. The average Bonchev–Trinajstić information content (AvgIpc) is 2.18. The summed E-state index contributed by atoms with van der Waals surface area (Å²) in [6, 6.07) is 0. The molecular weight excluding hydrogens is 192 g/mol. The second kappa shape index (κ2) is 5.59. The van der Waals surface area contributed by atoms with Crippen LogP contribution in [0.25, 0.3) is 0 Å². The lowest BCUT2D eigenvalue weighted by molar-refractivity contribution is -0.139. The summed E-state index contributed by atoms with van der Waals surface area (Å²) in [5.41, 5.74) is 1.91. The van der Waals surface area contributed by atoms with Crippen molar-refractivity contribution in [2.45, 2.75) is 33.6 Å². The Morgan fingerprint density at radius 1 is 1.33 bits per heavy atom. The molecule has 0 spiro atoms. The zero-order valence-electron chi connectivity index (χ0n) is 9.63. The van der Waals surface area contributed by atoms with Gasteiger partial charge < -0.3 is 9.47 Å².